The van der Waals surface area contributed by atoms with Gasteiger partial charge in [-0.3, -0.25) is 4.79 Å². The molecule has 0 heterocycles. The summed E-state index contributed by atoms with van der Waals surface area (Å²) in [6, 6.07) is 0. The second-order valence-electron chi connectivity index (χ2n) is 4.93. The molecule has 0 saturated heterocycles. The summed E-state index contributed by atoms with van der Waals surface area (Å²) in [4.78, 5) is 11.0. The molecule has 3 aliphatic rings. The highest BCUT2D eigenvalue weighted by atomic mass is 16.5. The van der Waals surface area contributed by atoms with Crippen molar-refractivity contribution in [2.24, 2.45) is 23.7 Å². The van der Waals surface area contributed by atoms with Crippen LogP contribution in [0.15, 0.2) is 12.2 Å². The van der Waals surface area contributed by atoms with Gasteiger partial charge in [0.15, 0.2) is 0 Å². The van der Waals surface area contributed by atoms with Crippen LogP contribution < -0.4 is 0 Å². The Morgan fingerprint density at radius 3 is 2.29 bits per heavy atom. The van der Waals surface area contributed by atoms with Crippen LogP contribution in [0.2, 0.25) is 0 Å². The van der Waals surface area contributed by atoms with E-state index >= 15 is 0 Å². The van der Waals surface area contributed by atoms with E-state index in [4.69, 9.17) is 4.74 Å². The Balaban J connectivity index is 1.85. The maximum absolute atomic E-state index is 11.0. The van der Waals surface area contributed by atoms with Gasteiger partial charge in [-0.25, -0.2) is 0 Å². The number of rotatable bonds is 1. The molecule has 2 saturated carbocycles. The molecule has 2 heteroatoms. The van der Waals surface area contributed by atoms with E-state index in [9.17, 15) is 4.79 Å². The van der Waals surface area contributed by atoms with Crippen molar-refractivity contribution in [2.45, 2.75) is 32.3 Å². The number of carbonyl (C=O) groups is 1. The summed E-state index contributed by atoms with van der Waals surface area (Å²) in [6.45, 7) is 1.53. The SMILES string of the molecule is CC(=O)OC1C2CCC1C1C=CC2C1. The van der Waals surface area contributed by atoms with Crippen LogP contribution >= 0.6 is 0 Å². The van der Waals surface area contributed by atoms with Gasteiger partial charge in [-0.05, 0) is 31.1 Å². The standard InChI is InChI=1S/C12H16O2/c1-7(13)14-12-10-4-5-11(12)9-3-2-8(10)6-9/h2-3,8-12H,4-6H2,1H3. The molecule has 14 heavy (non-hydrogen) atoms. The second kappa shape index (κ2) is 2.85. The first-order chi connectivity index (χ1) is 6.75. The van der Waals surface area contributed by atoms with Crippen molar-refractivity contribution in [3.63, 3.8) is 0 Å². The van der Waals surface area contributed by atoms with E-state index in [-0.39, 0.29) is 12.1 Å². The summed E-state index contributed by atoms with van der Waals surface area (Å²) in [5.41, 5.74) is 0. The Labute approximate surface area is 84.3 Å². The van der Waals surface area contributed by atoms with Gasteiger partial charge in [-0.2, -0.15) is 0 Å². The van der Waals surface area contributed by atoms with Gasteiger partial charge in [0.25, 0.3) is 0 Å². The Bertz CT molecular complexity index is 275. The minimum Gasteiger partial charge on any atom is -0.462 e. The average molecular weight is 192 g/mol. The van der Waals surface area contributed by atoms with Crippen LogP contribution in [-0.4, -0.2) is 12.1 Å². The number of hydrogen-bond donors (Lipinski definition) is 0. The zero-order chi connectivity index (χ0) is 9.71. The summed E-state index contributed by atoms with van der Waals surface area (Å²) >= 11 is 0. The number of ether oxygens (including phenoxy) is 1. The molecular formula is C12H16O2. The van der Waals surface area contributed by atoms with Crippen LogP contribution in [0, 0.1) is 23.7 Å². The molecule has 4 atom stereocenters. The van der Waals surface area contributed by atoms with E-state index in [1.165, 1.54) is 26.2 Å². The van der Waals surface area contributed by atoms with E-state index < -0.39 is 0 Å². The van der Waals surface area contributed by atoms with Crippen LogP contribution in [0.1, 0.15) is 26.2 Å². The van der Waals surface area contributed by atoms with Gasteiger partial charge in [-0.15, -0.1) is 0 Å². The molecule has 0 aliphatic heterocycles. The van der Waals surface area contributed by atoms with Crippen molar-refractivity contribution in [3.8, 4) is 0 Å². The minimum atomic E-state index is -0.104. The van der Waals surface area contributed by atoms with Crippen LogP contribution in [0.5, 0.6) is 0 Å². The zero-order valence-corrected chi connectivity index (χ0v) is 8.48. The zero-order valence-electron chi connectivity index (χ0n) is 8.48. The molecule has 0 radical (unpaired) electrons. The predicted octanol–water partition coefficient (Wildman–Crippen LogP) is 2.15. The van der Waals surface area contributed by atoms with Crippen molar-refractivity contribution in [2.75, 3.05) is 0 Å². The quantitative estimate of drug-likeness (QED) is 0.470. The molecular weight excluding hydrogens is 176 g/mol. The highest BCUT2D eigenvalue weighted by Gasteiger charge is 2.51. The Morgan fingerprint density at radius 2 is 1.79 bits per heavy atom. The molecule has 0 aromatic rings. The molecule has 2 fully saturated rings. The van der Waals surface area contributed by atoms with Gasteiger partial charge in [0.05, 0.1) is 0 Å². The lowest BCUT2D eigenvalue weighted by Crippen LogP contribution is -2.37. The van der Waals surface area contributed by atoms with Crippen molar-refractivity contribution in [3.05, 3.63) is 12.2 Å². The van der Waals surface area contributed by atoms with Crippen molar-refractivity contribution in [1.29, 1.82) is 0 Å². The number of esters is 1. The van der Waals surface area contributed by atoms with Gasteiger partial charge in [0, 0.05) is 18.8 Å². The smallest absolute Gasteiger partial charge is 0.302 e. The molecule has 4 bridgehead atoms. The molecule has 0 aromatic heterocycles. The normalized spacial score (nSPS) is 48.2. The second-order valence-corrected chi connectivity index (χ2v) is 4.93. The van der Waals surface area contributed by atoms with Gasteiger partial charge in [0.2, 0.25) is 0 Å². The third kappa shape index (κ3) is 1.06. The van der Waals surface area contributed by atoms with Crippen LogP contribution in [0.4, 0.5) is 0 Å². The lowest BCUT2D eigenvalue weighted by atomic mass is 9.76. The van der Waals surface area contributed by atoms with Crippen LogP contribution in [0.3, 0.4) is 0 Å². The van der Waals surface area contributed by atoms with E-state index in [2.05, 4.69) is 12.2 Å². The monoisotopic (exact) mass is 192 g/mol. The number of allylic oxidation sites excluding steroid dienone is 2. The predicted molar refractivity (Wildman–Crippen MR) is 52.5 cm³/mol. The molecule has 2 nitrogen and oxygen atoms in total. The summed E-state index contributed by atoms with van der Waals surface area (Å²) in [5.74, 6) is 2.54. The largest absolute Gasteiger partial charge is 0.462 e. The fraction of sp³-hybridized carbons (Fsp3) is 0.750. The summed E-state index contributed by atoms with van der Waals surface area (Å²) in [5, 5.41) is 0. The fourth-order valence-electron chi connectivity index (χ4n) is 3.70. The van der Waals surface area contributed by atoms with Gasteiger partial charge in [0.1, 0.15) is 6.10 Å². The topological polar surface area (TPSA) is 26.3 Å². The van der Waals surface area contributed by atoms with E-state index in [1.54, 1.807) is 0 Å². The molecule has 3 rings (SSSR count). The summed E-state index contributed by atoms with van der Waals surface area (Å²) in [6.07, 6.45) is 8.76. The molecule has 3 aliphatic carbocycles. The molecule has 76 valence electrons. The number of fused-ring (bicyclic) bond motifs is 6. The van der Waals surface area contributed by atoms with Crippen LogP contribution in [0.25, 0.3) is 0 Å². The highest BCUT2D eigenvalue weighted by Crippen LogP contribution is 2.53. The fourth-order valence-corrected chi connectivity index (χ4v) is 3.70. The van der Waals surface area contributed by atoms with Crippen molar-refractivity contribution in [1.82, 2.24) is 0 Å². The van der Waals surface area contributed by atoms with Gasteiger partial charge >= 0.3 is 5.97 Å². The first-order valence-electron chi connectivity index (χ1n) is 5.61. The summed E-state index contributed by atoms with van der Waals surface area (Å²) < 4.78 is 5.48. The van der Waals surface area contributed by atoms with E-state index in [1.807, 2.05) is 0 Å². The third-order valence-corrected chi connectivity index (χ3v) is 4.23. The van der Waals surface area contributed by atoms with Gasteiger partial charge in [-0.1, -0.05) is 12.2 Å². The molecule has 0 spiro atoms. The maximum atomic E-state index is 11.0. The Kier molecular flexibility index (Phi) is 1.73. The molecule has 0 aromatic carbocycles. The molecule has 0 amide bonds. The van der Waals surface area contributed by atoms with E-state index in [0.717, 1.165) is 0 Å². The summed E-state index contributed by atoms with van der Waals surface area (Å²) in [7, 11) is 0. The molecule has 0 N–H and O–H groups in total. The number of carbonyl (C=O) groups excluding carboxylic acids is 1. The first kappa shape index (κ1) is 8.51. The van der Waals surface area contributed by atoms with Crippen molar-refractivity contribution >= 4 is 5.97 Å². The third-order valence-electron chi connectivity index (χ3n) is 4.23. The minimum absolute atomic E-state index is 0.104. The molecule has 4 unspecified atom stereocenters. The van der Waals surface area contributed by atoms with Gasteiger partial charge < -0.3 is 4.74 Å². The first-order valence-corrected chi connectivity index (χ1v) is 5.61. The lowest BCUT2D eigenvalue weighted by Gasteiger charge is -2.34. The van der Waals surface area contributed by atoms with Crippen LogP contribution in [-0.2, 0) is 9.53 Å². The maximum Gasteiger partial charge on any atom is 0.302 e. The Morgan fingerprint density at radius 1 is 1.21 bits per heavy atom. The lowest BCUT2D eigenvalue weighted by molar-refractivity contribution is -0.153. The number of hydrogen-bond acceptors (Lipinski definition) is 2. The average Bonchev–Trinajstić information content (AvgIpc) is 2.58. The van der Waals surface area contributed by atoms with E-state index in [0.29, 0.717) is 23.7 Å². The van der Waals surface area contributed by atoms with Crippen molar-refractivity contribution < 1.29 is 9.53 Å². The highest BCUT2D eigenvalue weighted by molar-refractivity contribution is 5.66. The Hall–Kier alpha value is -0.790.